The van der Waals surface area contributed by atoms with Gasteiger partial charge in [-0.3, -0.25) is 9.69 Å². The second kappa shape index (κ2) is 17.1. The lowest BCUT2D eigenvalue weighted by molar-refractivity contribution is -0.127. The Bertz CT molecular complexity index is 1490. The summed E-state index contributed by atoms with van der Waals surface area (Å²) in [6, 6.07) is 23.9. The van der Waals surface area contributed by atoms with Crippen molar-refractivity contribution >= 4 is 12.0 Å². The van der Waals surface area contributed by atoms with Gasteiger partial charge in [0, 0.05) is 18.9 Å². The highest BCUT2D eigenvalue weighted by molar-refractivity contribution is 5.80. The molecule has 2 aliphatic rings. The molecule has 5 rings (SSSR count). The average Bonchev–Trinajstić information content (AvgIpc) is 3.39. The molecule has 5 atom stereocenters. The van der Waals surface area contributed by atoms with Crippen molar-refractivity contribution in [1.29, 1.82) is 0 Å². The lowest BCUT2D eigenvalue weighted by atomic mass is 9.88. The maximum Gasteiger partial charge on any atom is 0.407 e. The molecule has 0 unspecified atom stereocenters. The molecular formula is C40H53N3O6. The molecule has 4 N–H and O–H groups in total. The normalized spacial score (nSPS) is 19.7. The third-order valence-corrected chi connectivity index (χ3v) is 9.39. The van der Waals surface area contributed by atoms with Gasteiger partial charge in [0.2, 0.25) is 5.91 Å². The number of alkyl carbamates (subject to hydrolysis) is 1. The molecule has 0 radical (unpaired) electrons. The van der Waals surface area contributed by atoms with E-state index in [9.17, 15) is 19.8 Å². The Kier molecular flexibility index (Phi) is 12.7. The number of fused-ring (bicyclic) bond motifs is 1. The predicted molar refractivity (Wildman–Crippen MR) is 190 cm³/mol. The lowest BCUT2D eigenvalue weighted by Crippen LogP contribution is -2.48. The largest absolute Gasteiger partial charge is 0.492 e. The van der Waals surface area contributed by atoms with Crippen LogP contribution in [0.1, 0.15) is 74.8 Å². The van der Waals surface area contributed by atoms with Crippen LogP contribution in [-0.2, 0) is 28.8 Å². The number of likely N-dealkylation sites (tertiary alicyclic amines) is 1. The van der Waals surface area contributed by atoms with E-state index < -0.39 is 41.9 Å². The second-order valence-electron chi connectivity index (χ2n) is 14.5. The van der Waals surface area contributed by atoms with Crippen LogP contribution in [0, 0.1) is 5.92 Å². The van der Waals surface area contributed by atoms with Gasteiger partial charge in [0.15, 0.2) is 0 Å². The molecule has 3 aromatic carbocycles. The standard InChI is InChI=1S/C40H53N3O6/c1-40(2,3)49-39(47)41-34(25-28-12-6-4-7-13-28)35(44)27-31(38(46)42-37-33-15-9-8-14-30(33)26-36(37)45)24-29-16-18-32(19-17-29)48-23-22-43-20-10-5-11-21-43/h4,6-9,12-19,31,34-37,44-45H,5,10-11,20-27H2,1-3H3,(H,41,47)(H,42,46)/t31-,34+,35+,36-,37+/m1/s1. The first-order chi connectivity index (χ1) is 23.5. The van der Waals surface area contributed by atoms with E-state index in [0.717, 1.165) is 47.6 Å². The molecule has 2 amide bonds. The number of carbonyl (C=O) groups is 2. The van der Waals surface area contributed by atoms with Crippen molar-refractivity contribution in [1.82, 2.24) is 15.5 Å². The number of benzene rings is 3. The number of rotatable bonds is 14. The Morgan fingerprint density at radius 1 is 0.898 bits per heavy atom. The summed E-state index contributed by atoms with van der Waals surface area (Å²) in [5.74, 6) is -0.145. The number of piperidine rings is 1. The Labute approximate surface area is 291 Å². The van der Waals surface area contributed by atoms with Crippen molar-refractivity contribution in [3.05, 3.63) is 101 Å². The topological polar surface area (TPSA) is 120 Å². The highest BCUT2D eigenvalue weighted by Gasteiger charge is 2.35. The summed E-state index contributed by atoms with van der Waals surface area (Å²) in [6.07, 6.45) is 2.61. The molecule has 264 valence electrons. The van der Waals surface area contributed by atoms with Crippen molar-refractivity contribution in [2.24, 2.45) is 5.92 Å². The van der Waals surface area contributed by atoms with Crippen molar-refractivity contribution in [2.45, 2.75) is 95.6 Å². The molecule has 0 aromatic heterocycles. The van der Waals surface area contributed by atoms with Gasteiger partial charge >= 0.3 is 6.09 Å². The molecule has 0 saturated carbocycles. The van der Waals surface area contributed by atoms with Gasteiger partial charge in [0.1, 0.15) is 18.0 Å². The number of nitrogens with zero attached hydrogens (tertiary/aromatic N) is 1. The first kappa shape index (κ1) is 36.4. The van der Waals surface area contributed by atoms with E-state index in [1.807, 2.05) is 78.9 Å². The number of nitrogens with one attached hydrogen (secondary N) is 2. The van der Waals surface area contributed by atoms with Crippen molar-refractivity contribution < 1.29 is 29.3 Å². The van der Waals surface area contributed by atoms with E-state index in [-0.39, 0.29) is 12.3 Å². The summed E-state index contributed by atoms with van der Waals surface area (Å²) in [5, 5.41) is 28.6. The number of aliphatic hydroxyl groups is 2. The minimum Gasteiger partial charge on any atom is -0.492 e. The maximum absolute atomic E-state index is 14.1. The fourth-order valence-electron chi connectivity index (χ4n) is 6.85. The third kappa shape index (κ3) is 11.0. The van der Waals surface area contributed by atoms with Crippen LogP contribution in [0.3, 0.4) is 0 Å². The van der Waals surface area contributed by atoms with Crippen LogP contribution >= 0.6 is 0 Å². The monoisotopic (exact) mass is 671 g/mol. The van der Waals surface area contributed by atoms with E-state index in [4.69, 9.17) is 9.47 Å². The zero-order chi connectivity index (χ0) is 34.8. The predicted octanol–water partition coefficient (Wildman–Crippen LogP) is 5.37. The Hall–Kier alpha value is -3.92. The summed E-state index contributed by atoms with van der Waals surface area (Å²) < 4.78 is 11.6. The number of ether oxygens (including phenoxy) is 2. The van der Waals surface area contributed by atoms with Crippen molar-refractivity contribution in [3.63, 3.8) is 0 Å². The minimum absolute atomic E-state index is 0.0810. The Morgan fingerprint density at radius 2 is 1.57 bits per heavy atom. The van der Waals surface area contributed by atoms with Gasteiger partial charge in [-0.2, -0.15) is 0 Å². The number of amides is 2. The van der Waals surface area contributed by atoms with E-state index in [2.05, 4.69) is 15.5 Å². The van der Waals surface area contributed by atoms with Crippen LogP contribution in [0.5, 0.6) is 5.75 Å². The molecule has 1 saturated heterocycles. The van der Waals surface area contributed by atoms with Gasteiger partial charge in [-0.25, -0.2) is 4.79 Å². The summed E-state index contributed by atoms with van der Waals surface area (Å²) in [6.45, 7) is 9.14. The summed E-state index contributed by atoms with van der Waals surface area (Å²) in [4.78, 5) is 29.4. The average molecular weight is 672 g/mol. The fourth-order valence-corrected chi connectivity index (χ4v) is 6.85. The quantitative estimate of drug-likeness (QED) is 0.182. The molecule has 0 bridgehead atoms. The third-order valence-electron chi connectivity index (χ3n) is 9.39. The SMILES string of the molecule is CC(C)(C)OC(=O)N[C@@H](Cc1ccccc1)[C@@H](O)C[C@@H](Cc1ccc(OCCN2CCCCC2)cc1)C(=O)N[C@H]1c2ccccc2C[C@H]1O. The molecule has 1 heterocycles. The van der Waals surface area contributed by atoms with Gasteiger partial charge in [-0.05, 0) is 100 Å². The smallest absolute Gasteiger partial charge is 0.407 e. The van der Waals surface area contributed by atoms with Gasteiger partial charge < -0.3 is 30.3 Å². The molecule has 1 fully saturated rings. The first-order valence-corrected chi connectivity index (χ1v) is 17.8. The number of aliphatic hydroxyl groups excluding tert-OH is 2. The molecule has 1 aliphatic carbocycles. The molecule has 9 heteroatoms. The highest BCUT2D eigenvalue weighted by Crippen LogP contribution is 2.32. The van der Waals surface area contributed by atoms with Gasteiger partial charge in [-0.15, -0.1) is 0 Å². The van der Waals surface area contributed by atoms with E-state index in [0.29, 0.717) is 25.9 Å². The fraction of sp³-hybridized carbons (Fsp3) is 0.500. The summed E-state index contributed by atoms with van der Waals surface area (Å²) >= 11 is 0. The number of carbonyl (C=O) groups excluding carboxylic acids is 2. The van der Waals surface area contributed by atoms with E-state index in [1.165, 1.54) is 19.3 Å². The van der Waals surface area contributed by atoms with Crippen molar-refractivity contribution in [2.75, 3.05) is 26.2 Å². The lowest BCUT2D eigenvalue weighted by Gasteiger charge is -2.30. The van der Waals surface area contributed by atoms with Crippen LogP contribution in [0.25, 0.3) is 0 Å². The van der Waals surface area contributed by atoms with E-state index >= 15 is 0 Å². The highest BCUT2D eigenvalue weighted by atomic mass is 16.6. The zero-order valence-electron chi connectivity index (χ0n) is 29.1. The minimum atomic E-state index is -1.07. The zero-order valence-corrected chi connectivity index (χ0v) is 29.1. The van der Waals surface area contributed by atoms with Crippen LogP contribution in [-0.4, -0.2) is 77.2 Å². The summed E-state index contributed by atoms with van der Waals surface area (Å²) in [5.41, 5.74) is 3.06. The van der Waals surface area contributed by atoms with Crippen LogP contribution in [0.15, 0.2) is 78.9 Å². The van der Waals surface area contributed by atoms with E-state index in [1.54, 1.807) is 20.8 Å². The van der Waals surface area contributed by atoms with Crippen molar-refractivity contribution in [3.8, 4) is 5.75 Å². The van der Waals surface area contributed by atoms with Crippen LogP contribution < -0.4 is 15.4 Å². The van der Waals surface area contributed by atoms with Crippen LogP contribution in [0.2, 0.25) is 0 Å². The molecule has 0 spiro atoms. The van der Waals surface area contributed by atoms with Gasteiger partial charge in [0.05, 0.1) is 24.3 Å². The molecule has 9 nitrogen and oxygen atoms in total. The van der Waals surface area contributed by atoms with Crippen LogP contribution in [0.4, 0.5) is 4.79 Å². The molecule has 49 heavy (non-hydrogen) atoms. The molecule has 1 aliphatic heterocycles. The Balaban J connectivity index is 1.31. The number of hydrogen-bond acceptors (Lipinski definition) is 7. The van der Waals surface area contributed by atoms with Gasteiger partial charge in [-0.1, -0.05) is 73.2 Å². The second-order valence-corrected chi connectivity index (χ2v) is 14.5. The van der Waals surface area contributed by atoms with Gasteiger partial charge in [0.25, 0.3) is 0 Å². The summed E-state index contributed by atoms with van der Waals surface area (Å²) in [7, 11) is 0. The first-order valence-electron chi connectivity index (χ1n) is 17.8. The Morgan fingerprint density at radius 3 is 2.29 bits per heavy atom. The number of hydrogen-bond donors (Lipinski definition) is 4. The molecular weight excluding hydrogens is 618 g/mol. The maximum atomic E-state index is 14.1. The molecule has 3 aromatic rings.